The number of nitro benzene ring substituents is 1. The van der Waals surface area contributed by atoms with E-state index in [-0.39, 0.29) is 16.4 Å². The lowest BCUT2D eigenvalue weighted by molar-refractivity contribution is -0.383. The normalized spacial score (nSPS) is 10.3. The van der Waals surface area contributed by atoms with Gasteiger partial charge in [0.25, 0.3) is 5.69 Å². The van der Waals surface area contributed by atoms with Gasteiger partial charge in [-0.25, -0.2) is 4.79 Å². The maximum atomic E-state index is 12.0. The molecule has 23 heavy (non-hydrogen) atoms. The fourth-order valence-corrected chi connectivity index (χ4v) is 2.49. The molecule has 2 aromatic carbocycles. The molecule has 2 rings (SSSR count). The quantitative estimate of drug-likeness (QED) is 0.565. The summed E-state index contributed by atoms with van der Waals surface area (Å²) in [5.41, 5.74) is 1.35. The van der Waals surface area contributed by atoms with Crippen LogP contribution in [0, 0.1) is 24.0 Å². The summed E-state index contributed by atoms with van der Waals surface area (Å²) >= 11 is 9.12. The highest BCUT2D eigenvalue weighted by atomic mass is 79.9. The average Bonchev–Trinajstić information content (AvgIpc) is 2.46. The topological polar surface area (TPSA) is 81.5 Å². The molecule has 8 heteroatoms. The summed E-state index contributed by atoms with van der Waals surface area (Å²) in [7, 11) is 0. The molecule has 0 aliphatic heterocycles. The van der Waals surface area contributed by atoms with Gasteiger partial charge in [-0.2, -0.15) is 0 Å². The lowest BCUT2D eigenvalue weighted by Gasteiger charge is -2.11. The lowest BCUT2D eigenvalue weighted by atomic mass is 10.1. The van der Waals surface area contributed by atoms with Gasteiger partial charge in [0.1, 0.15) is 11.4 Å². The van der Waals surface area contributed by atoms with Crippen LogP contribution in [0.4, 0.5) is 16.2 Å². The van der Waals surface area contributed by atoms with E-state index in [1.807, 2.05) is 13.0 Å². The first kappa shape index (κ1) is 17.2. The van der Waals surface area contributed by atoms with Gasteiger partial charge >= 0.3 is 6.09 Å². The Balaban J connectivity index is 2.21. The number of rotatable bonds is 3. The number of anilines is 1. The number of halogens is 2. The number of hydrogen-bond donors (Lipinski definition) is 1. The summed E-state index contributed by atoms with van der Waals surface area (Å²) in [6, 6.07) is 7.48. The van der Waals surface area contributed by atoms with Crippen molar-refractivity contribution in [3.8, 4) is 5.75 Å². The summed E-state index contributed by atoms with van der Waals surface area (Å²) in [5.74, 6) is 0.375. The highest BCUT2D eigenvalue weighted by molar-refractivity contribution is 9.10. The molecule has 0 saturated heterocycles. The highest BCUT2D eigenvalue weighted by Gasteiger charge is 2.18. The second-order valence-corrected chi connectivity index (χ2v) is 6.09. The number of aryl methyl sites for hydroxylation is 2. The van der Waals surface area contributed by atoms with Crippen LogP contribution < -0.4 is 10.1 Å². The fourth-order valence-electron chi connectivity index (χ4n) is 1.86. The summed E-state index contributed by atoms with van der Waals surface area (Å²) < 4.78 is 6.12. The first-order valence-electron chi connectivity index (χ1n) is 6.47. The second-order valence-electron chi connectivity index (χ2n) is 4.80. The number of carbonyl (C=O) groups is 1. The molecule has 1 N–H and O–H groups in total. The first-order valence-corrected chi connectivity index (χ1v) is 7.64. The van der Waals surface area contributed by atoms with Gasteiger partial charge in [0.15, 0.2) is 0 Å². The van der Waals surface area contributed by atoms with Crippen LogP contribution in [0.2, 0.25) is 5.02 Å². The number of nitrogens with one attached hydrogen (secondary N) is 1. The van der Waals surface area contributed by atoms with Crippen LogP contribution in [-0.4, -0.2) is 11.0 Å². The molecular weight excluding hydrogens is 388 g/mol. The Morgan fingerprint density at radius 1 is 1.26 bits per heavy atom. The zero-order valence-corrected chi connectivity index (χ0v) is 14.6. The van der Waals surface area contributed by atoms with Crippen LogP contribution in [0.3, 0.4) is 0 Å². The van der Waals surface area contributed by atoms with Crippen molar-refractivity contribution in [2.24, 2.45) is 0 Å². The minimum absolute atomic E-state index is 0.0101. The van der Waals surface area contributed by atoms with Gasteiger partial charge in [-0.3, -0.25) is 15.4 Å². The molecule has 0 aromatic heterocycles. The molecule has 0 aliphatic carbocycles. The van der Waals surface area contributed by atoms with Crippen molar-refractivity contribution in [1.29, 1.82) is 0 Å². The monoisotopic (exact) mass is 398 g/mol. The second kappa shape index (κ2) is 6.97. The molecular formula is C15H12BrClN2O4. The zero-order chi connectivity index (χ0) is 17.1. The Morgan fingerprint density at radius 2 is 1.96 bits per heavy atom. The van der Waals surface area contributed by atoms with E-state index in [0.29, 0.717) is 5.75 Å². The van der Waals surface area contributed by atoms with Gasteiger partial charge in [0.05, 0.1) is 4.92 Å². The Morgan fingerprint density at radius 3 is 2.61 bits per heavy atom. The molecule has 0 heterocycles. The molecule has 0 aliphatic rings. The molecule has 2 aromatic rings. The van der Waals surface area contributed by atoms with Crippen molar-refractivity contribution in [2.75, 3.05) is 5.32 Å². The standard InChI is InChI=1S/C15H12BrClN2O4/c1-8-6-14(9(2)5-11(8)16)23-15(20)18-12-4-3-10(17)7-13(12)19(21)22/h3-7H,1-2H3,(H,18,20). The number of ether oxygens (including phenoxy) is 1. The van der Waals surface area contributed by atoms with E-state index in [0.717, 1.165) is 21.7 Å². The minimum atomic E-state index is -0.819. The Labute approximate surface area is 145 Å². The molecule has 0 unspecified atom stereocenters. The smallest absolute Gasteiger partial charge is 0.410 e. The Bertz CT molecular complexity index is 795. The van der Waals surface area contributed by atoms with Crippen LogP contribution in [0.15, 0.2) is 34.8 Å². The van der Waals surface area contributed by atoms with Crippen molar-refractivity contribution in [3.05, 3.63) is 61.1 Å². The van der Waals surface area contributed by atoms with Crippen molar-refractivity contribution in [3.63, 3.8) is 0 Å². The average molecular weight is 400 g/mol. The molecule has 0 radical (unpaired) electrons. The number of nitro groups is 1. The molecule has 0 spiro atoms. The summed E-state index contributed by atoms with van der Waals surface area (Å²) in [6.07, 6.45) is -0.819. The van der Waals surface area contributed by atoms with E-state index >= 15 is 0 Å². The third kappa shape index (κ3) is 4.20. The van der Waals surface area contributed by atoms with Crippen LogP contribution in [0.25, 0.3) is 0 Å². The Kier molecular flexibility index (Phi) is 5.23. The predicted molar refractivity (Wildman–Crippen MR) is 91.4 cm³/mol. The zero-order valence-electron chi connectivity index (χ0n) is 12.2. The molecule has 120 valence electrons. The van der Waals surface area contributed by atoms with E-state index in [4.69, 9.17) is 16.3 Å². The van der Waals surface area contributed by atoms with Gasteiger partial charge in [-0.15, -0.1) is 0 Å². The van der Waals surface area contributed by atoms with E-state index in [1.165, 1.54) is 12.1 Å². The van der Waals surface area contributed by atoms with Crippen molar-refractivity contribution in [1.82, 2.24) is 0 Å². The number of carbonyl (C=O) groups excluding carboxylic acids is 1. The van der Waals surface area contributed by atoms with Crippen LogP contribution in [0.1, 0.15) is 11.1 Å². The fraction of sp³-hybridized carbons (Fsp3) is 0.133. The number of hydrogen-bond acceptors (Lipinski definition) is 4. The van der Waals surface area contributed by atoms with Crippen molar-refractivity contribution in [2.45, 2.75) is 13.8 Å². The van der Waals surface area contributed by atoms with Crippen molar-refractivity contribution < 1.29 is 14.5 Å². The first-order chi connectivity index (χ1) is 10.8. The minimum Gasteiger partial charge on any atom is -0.410 e. The number of amides is 1. The van der Waals surface area contributed by atoms with Gasteiger partial charge in [0.2, 0.25) is 0 Å². The number of benzene rings is 2. The molecule has 1 amide bonds. The van der Waals surface area contributed by atoms with Gasteiger partial charge < -0.3 is 4.74 Å². The Hall–Kier alpha value is -2.12. The summed E-state index contributed by atoms with van der Waals surface area (Å²) in [6.45, 7) is 3.65. The van der Waals surface area contributed by atoms with E-state index < -0.39 is 11.0 Å². The van der Waals surface area contributed by atoms with E-state index in [1.54, 1.807) is 13.0 Å². The molecule has 0 atom stereocenters. The third-order valence-corrected chi connectivity index (χ3v) is 4.14. The molecule has 6 nitrogen and oxygen atoms in total. The van der Waals surface area contributed by atoms with Crippen LogP contribution >= 0.6 is 27.5 Å². The third-order valence-electron chi connectivity index (χ3n) is 3.05. The predicted octanol–water partition coefficient (Wildman–Crippen LogP) is 5.24. The van der Waals surface area contributed by atoms with Crippen LogP contribution in [0.5, 0.6) is 5.75 Å². The van der Waals surface area contributed by atoms with Gasteiger partial charge in [0, 0.05) is 15.6 Å². The lowest BCUT2D eigenvalue weighted by Crippen LogP contribution is -2.18. The summed E-state index contributed by atoms with van der Waals surface area (Å²) in [4.78, 5) is 22.4. The summed E-state index contributed by atoms with van der Waals surface area (Å²) in [5, 5.41) is 13.6. The largest absolute Gasteiger partial charge is 0.417 e. The van der Waals surface area contributed by atoms with Crippen LogP contribution in [-0.2, 0) is 0 Å². The van der Waals surface area contributed by atoms with E-state index in [2.05, 4.69) is 21.2 Å². The maximum absolute atomic E-state index is 12.0. The van der Waals surface area contributed by atoms with Crippen molar-refractivity contribution >= 4 is 45.0 Å². The van der Waals surface area contributed by atoms with E-state index in [9.17, 15) is 14.9 Å². The highest BCUT2D eigenvalue weighted by Crippen LogP contribution is 2.29. The maximum Gasteiger partial charge on any atom is 0.417 e. The van der Waals surface area contributed by atoms with Gasteiger partial charge in [-0.1, -0.05) is 27.5 Å². The SMILES string of the molecule is Cc1cc(OC(=O)Nc2ccc(Cl)cc2[N+](=O)[O-])c(C)cc1Br. The number of nitrogens with zero attached hydrogens (tertiary/aromatic N) is 1. The molecule has 0 saturated carbocycles. The molecule has 0 fully saturated rings. The van der Waals surface area contributed by atoms with Gasteiger partial charge in [-0.05, 0) is 49.2 Å². The molecule has 0 bridgehead atoms.